The van der Waals surface area contributed by atoms with Gasteiger partial charge < -0.3 is 11.1 Å². The SMILES string of the molecule is Cc1c(N)cccc1SCC(=O)NC1CCS(=O)(=O)C1. The highest BCUT2D eigenvalue weighted by Crippen LogP contribution is 2.25. The number of carbonyl (C=O) groups excluding carboxylic acids is 1. The van der Waals surface area contributed by atoms with Crippen LogP contribution >= 0.6 is 11.8 Å². The molecule has 20 heavy (non-hydrogen) atoms. The van der Waals surface area contributed by atoms with Gasteiger partial charge in [-0.25, -0.2) is 8.42 Å². The first-order valence-corrected chi connectivity index (χ1v) is 9.16. The molecule has 0 spiro atoms. The van der Waals surface area contributed by atoms with Crippen LogP contribution in [0, 0.1) is 6.92 Å². The number of hydrogen-bond donors (Lipinski definition) is 2. The molecule has 1 atom stereocenters. The maximum Gasteiger partial charge on any atom is 0.230 e. The second kappa shape index (κ2) is 6.05. The van der Waals surface area contributed by atoms with Crippen molar-refractivity contribution in [1.82, 2.24) is 5.32 Å². The zero-order valence-electron chi connectivity index (χ0n) is 11.3. The van der Waals surface area contributed by atoms with Crippen LogP contribution in [0.1, 0.15) is 12.0 Å². The number of nitrogen functional groups attached to an aromatic ring is 1. The molecule has 5 nitrogen and oxygen atoms in total. The molecule has 1 fully saturated rings. The minimum Gasteiger partial charge on any atom is -0.398 e. The number of anilines is 1. The maximum absolute atomic E-state index is 11.8. The topological polar surface area (TPSA) is 89.3 Å². The van der Waals surface area contributed by atoms with Crippen molar-refractivity contribution in [3.63, 3.8) is 0 Å². The molecule has 0 bridgehead atoms. The summed E-state index contributed by atoms with van der Waals surface area (Å²) in [5.41, 5.74) is 7.48. The molecule has 2 rings (SSSR count). The van der Waals surface area contributed by atoms with Crippen LogP contribution in [0.4, 0.5) is 5.69 Å². The third-order valence-corrected chi connectivity index (χ3v) is 6.21. The molecule has 1 heterocycles. The van der Waals surface area contributed by atoms with Crippen LogP contribution in [-0.2, 0) is 14.6 Å². The van der Waals surface area contributed by atoms with E-state index in [-0.39, 0.29) is 29.2 Å². The molecule has 110 valence electrons. The number of rotatable bonds is 4. The van der Waals surface area contributed by atoms with E-state index >= 15 is 0 Å². The fourth-order valence-corrected chi connectivity index (χ4v) is 4.66. The molecule has 1 amide bonds. The monoisotopic (exact) mass is 314 g/mol. The molecule has 3 N–H and O–H groups in total. The van der Waals surface area contributed by atoms with Crippen LogP contribution in [0.25, 0.3) is 0 Å². The minimum absolute atomic E-state index is 0.0563. The van der Waals surface area contributed by atoms with Gasteiger partial charge in [0.25, 0.3) is 0 Å². The molecule has 0 aliphatic carbocycles. The maximum atomic E-state index is 11.8. The number of nitrogens with one attached hydrogen (secondary N) is 1. The van der Waals surface area contributed by atoms with Crippen LogP contribution in [0.5, 0.6) is 0 Å². The van der Waals surface area contributed by atoms with E-state index in [1.54, 1.807) is 0 Å². The summed E-state index contributed by atoms with van der Waals surface area (Å²) in [7, 11) is -2.96. The van der Waals surface area contributed by atoms with E-state index in [0.29, 0.717) is 12.1 Å². The summed E-state index contributed by atoms with van der Waals surface area (Å²) in [6.45, 7) is 1.92. The predicted molar refractivity (Wildman–Crippen MR) is 81.5 cm³/mol. The average molecular weight is 314 g/mol. The van der Waals surface area contributed by atoms with Crippen LogP contribution in [0.2, 0.25) is 0 Å². The highest BCUT2D eigenvalue weighted by Gasteiger charge is 2.28. The molecule has 1 aromatic rings. The largest absolute Gasteiger partial charge is 0.398 e. The van der Waals surface area contributed by atoms with Crippen molar-refractivity contribution in [2.75, 3.05) is 23.0 Å². The Morgan fingerprint density at radius 2 is 2.25 bits per heavy atom. The standard InChI is InChI=1S/C13H18N2O3S2/c1-9-11(14)3-2-4-12(9)19-7-13(16)15-10-5-6-20(17,18)8-10/h2-4,10H,5-8,14H2,1H3,(H,15,16). The Labute approximate surface area is 123 Å². The van der Waals surface area contributed by atoms with Gasteiger partial charge in [-0.05, 0) is 31.0 Å². The Morgan fingerprint density at radius 3 is 2.90 bits per heavy atom. The van der Waals surface area contributed by atoms with Crippen LogP contribution in [-0.4, -0.2) is 37.6 Å². The van der Waals surface area contributed by atoms with Gasteiger partial charge in [-0.3, -0.25) is 4.79 Å². The summed E-state index contributed by atoms with van der Waals surface area (Å²) >= 11 is 1.41. The van der Waals surface area contributed by atoms with E-state index in [0.717, 1.165) is 10.5 Å². The summed E-state index contributed by atoms with van der Waals surface area (Å²) < 4.78 is 22.6. The molecule has 1 aliphatic heterocycles. The Bertz CT molecular complexity index is 614. The second-order valence-corrected chi connectivity index (χ2v) is 8.17. The molecule has 0 saturated carbocycles. The van der Waals surface area contributed by atoms with E-state index < -0.39 is 9.84 Å². The molecule has 0 radical (unpaired) electrons. The van der Waals surface area contributed by atoms with E-state index in [1.165, 1.54) is 11.8 Å². The Kier molecular flexibility index (Phi) is 4.59. The summed E-state index contributed by atoms with van der Waals surface area (Å²) in [6.07, 6.45) is 0.510. The molecule has 1 aromatic carbocycles. The number of nitrogens with two attached hydrogens (primary N) is 1. The fourth-order valence-electron chi connectivity index (χ4n) is 2.11. The number of benzene rings is 1. The quantitative estimate of drug-likeness (QED) is 0.638. The van der Waals surface area contributed by atoms with Gasteiger partial charge in [0.2, 0.25) is 5.91 Å². The highest BCUT2D eigenvalue weighted by molar-refractivity contribution is 8.00. The number of sulfone groups is 1. The summed E-state index contributed by atoms with van der Waals surface area (Å²) in [4.78, 5) is 12.8. The van der Waals surface area contributed by atoms with Crippen molar-refractivity contribution < 1.29 is 13.2 Å². The van der Waals surface area contributed by atoms with Gasteiger partial charge in [-0.2, -0.15) is 0 Å². The predicted octanol–water partition coefficient (Wildman–Crippen LogP) is 0.973. The Hall–Kier alpha value is -1.21. The first-order chi connectivity index (χ1) is 9.37. The van der Waals surface area contributed by atoms with Gasteiger partial charge in [0, 0.05) is 16.6 Å². The molecule has 0 aromatic heterocycles. The Morgan fingerprint density at radius 1 is 1.50 bits per heavy atom. The first kappa shape index (κ1) is 15.2. The number of hydrogen-bond acceptors (Lipinski definition) is 5. The third kappa shape index (κ3) is 3.89. The lowest BCUT2D eigenvalue weighted by molar-refractivity contribution is -0.119. The average Bonchev–Trinajstić information content (AvgIpc) is 2.70. The van der Waals surface area contributed by atoms with Gasteiger partial charge in [-0.15, -0.1) is 11.8 Å². The Balaban J connectivity index is 1.85. The summed E-state index contributed by atoms with van der Waals surface area (Å²) in [5.74, 6) is 0.347. The second-order valence-electron chi connectivity index (χ2n) is 4.93. The van der Waals surface area contributed by atoms with E-state index in [2.05, 4.69) is 5.32 Å². The van der Waals surface area contributed by atoms with Crippen molar-refractivity contribution in [2.45, 2.75) is 24.3 Å². The summed E-state index contributed by atoms with van der Waals surface area (Å²) in [6, 6.07) is 5.36. The van der Waals surface area contributed by atoms with Gasteiger partial charge in [0.1, 0.15) is 0 Å². The lowest BCUT2D eigenvalue weighted by atomic mass is 10.2. The van der Waals surface area contributed by atoms with Gasteiger partial charge in [0.05, 0.1) is 17.3 Å². The van der Waals surface area contributed by atoms with Crippen LogP contribution in [0.15, 0.2) is 23.1 Å². The lowest BCUT2D eigenvalue weighted by Crippen LogP contribution is -2.36. The molecule has 1 aliphatic rings. The molecular formula is C13H18N2O3S2. The third-order valence-electron chi connectivity index (χ3n) is 3.28. The molecular weight excluding hydrogens is 296 g/mol. The molecule has 7 heteroatoms. The molecule has 1 unspecified atom stereocenters. The number of thioether (sulfide) groups is 1. The smallest absolute Gasteiger partial charge is 0.230 e. The van der Waals surface area contributed by atoms with Crippen molar-refractivity contribution in [3.05, 3.63) is 23.8 Å². The van der Waals surface area contributed by atoms with Crippen LogP contribution < -0.4 is 11.1 Å². The van der Waals surface area contributed by atoms with Crippen molar-refractivity contribution in [2.24, 2.45) is 0 Å². The van der Waals surface area contributed by atoms with Crippen molar-refractivity contribution >= 4 is 33.2 Å². The first-order valence-electron chi connectivity index (χ1n) is 6.35. The minimum atomic E-state index is -2.96. The van der Waals surface area contributed by atoms with Crippen LogP contribution in [0.3, 0.4) is 0 Å². The molecule has 1 saturated heterocycles. The number of carbonyl (C=O) groups is 1. The van der Waals surface area contributed by atoms with Crippen molar-refractivity contribution in [1.29, 1.82) is 0 Å². The lowest BCUT2D eigenvalue weighted by Gasteiger charge is -2.11. The normalized spacial score (nSPS) is 20.8. The number of amides is 1. The van der Waals surface area contributed by atoms with Gasteiger partial charge >= 0.3 is 0 Å². The zero-order valence-corrected chi connectivity index (χ0v) is 12.9. The fraction of sp³-hybridized carbons (Fsp3) is 0.462. The van der Waals surface area contributed by atoms with E-state index in [1.807, 2.05) is 25.1 Å². The van der Waals surface area contributed by atoms with E-state index in [4.69, 9.17) is 5.73 Å². The summed E-state index contributed by atoms with van der Waals surface area (Å²) in [5, 5.41) is 2.77. The van der Waals surface area contributed by atoms with Gasteiger partial charge in [0.15, 0.2) is 9.84 Å². The zero-order chi connectivity index (χ0) is 14.8. The van der Waals surface area contributed by atoms with Gasteiger partial charge in [-0.1, -0.05) is 6.07 Å². The van der Waals surface area contributed by atoms with Crippen molar-refractivity contribution in [3.8, 4) is 0 Å². The highest BCUT2D eigenvalue weighted by atomic mass is 32.2. The van der Waals surface area contributed by atoms with E-state index in [9.17, 15) is 13.2 Å².